The van der Waals surface area contributed by atoms with E-state index in [9.17, 15) is 13.2 Å². The number of hydrogen-bond acceptors (Lipinski definition) is 4. The summed E-state index contributed by atoms with van der Waals surface area (Å²) in [5, 5.41) is 0. The van der Waals surface area contributed by atoms with E-state index < -0.39 is 15.7 Å². The monoisotopic (exact) mass is 398 g/mol. The van der Waals surface area contributed by atoms with Crippen molar-refractivity contribution in [2.75, 3.05) is 6.26 Å². The van der Waals surface area contributed by atoms with E-state index in [-0.39, 0.29) is 17.0 Å². The van der Waals surface area contributed by atoms with Crippen molar-refractivity contribution in [2.24, 2.45) is 4.99 Å². The first kappa shape index (κ1) is 19.1. The van der Waals surface area contributed by atoms with Crippen LogP contribution in [0.25, 0.3) is 10.2 Å². The highest BCUT2D eigenvalue weighted by atomic mass is 32.2. The number of aryl methyl sites for hydroxylation is 1. The van der Waals surface area contributed by atoms with E-state index in [0.29, 0.717) is 4.80 Å². The summed E-state index contributed by atoms with van der Waals surface area (Å²) in [6.45, 7) is 2.34. The average molecular weight is 399 g/mol. The highest BCUT2D eigenvalue weighted by molar-refractivity contribution is 7.90. The Kier molecular flexibility index (Phi) is 5.31. The van der Waals surface area contributed by atoms with Gasteiger partial charge in [0, 0.05) is 6.26 Å². The minimum Gasteiger partial charge on any atom is -0.305 e. The van der Waals surface area contributed by atoms with Crippen molar-refractivity contribution < 1.29 is 13.2 Å². The molecule has 0 atom stereocenters. The fourth-order valence-electron chi connectivity index (χ4n) is 2.78. The maximum absolute atomic E-state index is 12.7. The second-order valence-electron chi connectivity index (χ2n) is 6.02. The molecule has 0 N–H and O–H groups in total. The van der Waals surface area contributed by atoms with Crippen molar-refractivity contribution in [1.29, 1.82) is 0 Å². The molecule has 5 nitrogen and oxygen atoms in total. The quantitative estimate of drug-likeness (QED) is 0.635. The molecule has 1 aromatic heterocycles. The van der Waals surface area contributed by atoms with E-state index in [1.165, 1.54) is 29.0 Å². The molecule has 2 aromatic carbocycles. The van der Waals surface area contributed by atoms with Crippen LogP contribution in [0, 0.1) is 12.3 Å². The smallest absolute Gasteiger partial charge is 0.280 e. The number of thiazole rings is 1. The van der Waals surface area contributed by atoms with Crippen LogP contribution in [0.5, 0.6) is 0 Å². The lowest BCUT2D eigenvalue weighted by Gasteiger charge is -2.04. The van der Waals surface area contributed by atoms with E-state index in [1.807, 2.05) is 12.1 Å². The van der Waals surface area contributed by atoms with Crippen molar-refractivity contribution in [3.63, 3.8) is 0 Å². The molecule has 138 valence electrons. The van der Waals surface area contributed by atoms with Gasteiger partial charge in [0.1, 0.15) is 0 Å². The molecule has 0 bridgehead atoms. The number of hydrogen-bond donors (Lipinski definition) is 0. The van der Waals surface area contributed by atoms with Crippen molar-refractivity contribution in [2.45, 2.75) is 24.8 Å². The number of amides is 1. The number of rotatable bonds is 4. The summed E-state index contributed by atoms with van der Waals surface area (Å²) in [4.78, 5) is 17.4. The second kappa shape index (κ2) is 7.51. The molecule has 7 heteroatoms. The number of terminal acetylenes is 1. The van der Waals surface area contributed by atoms with Crippen LogP contribution >= 0.6 is 11.3 Å². The fourth-order valence-corrected chi connectivity index (χ4v) is 4.75. The number of sulfone groups is 1. The summed E-state index contributed by atoms with van der Waals surface area (Å²) >= 11 is 1.36. The molecule has 27 heavy (non-hydrogen) atoms. The molecule has 0 saturated carbocycles. The largest absolute Gasteiger partial charge is 0.305 e. The molecule has 0 saturated heterocycles. The van der Waals surface area contributed by atoms with Gasteiger partial charge in [-0.3, -0.25) is 4.79 Å². The molecule has 0 spiro atoms. The topological polar surface area (TPSA) is 68.5 Å². The first-order valence-electron chi connectivity index (χ1n) is 8.29. The molecule has 1 amide bonds. The number of carbonyl (C=O) groups is 1. The Labute approximate surface area is 161 Å². The zero-order valence-electron chi connectivity index (χ0n) is 15.0. The van der Waals surface area contributed by atoms with Gasteiger partial charge < -0.3 is 4.57 Å². The number of benzene rings is 2. The maximum Gasteiger partial charge on any atom is 0.280 e. The second-order valence-corrected chi connectivity index (χ2v) is 9.01. The van der Waals surface area contributed by atoms with Crippen LogP contribution in [0.4, 0.5) is 0 Å². The minimum atomic E-state index is -3.54. The number of nitrogens with zero attached hydrogens (tertiary/aromatic N) is 2. The number of carbonyl (C=O) groups excluding carboxylic acids is 1. The van der Waals surface area contributed by atoms with Gasteiger partial charge in [-0.2, -0.15) is 4.99 Å². The van der Waals surface area contributed by atoms with Crippen molar-refractivity contribution in [3.8, 4) is 12.3 Å². The molecular formula is C20H18N2O3S2. The molecule has 0 unspecified atom stereocenters. The fraction of sp³-hybridized carbons (Fsp3) is 0.200. The van der Waals surface area contributed by atoms with Gasteiger partial charge in [-0.05, 0) is 36.2 Å². The van der Waals surface area contributed by atoms with E-state index in [4.69, 9.17) is 6.42 Å². The van der Waals surface area contributed by atoms with E-state index in [2.05, 4.69) is 23.9 Å². The Morgan fingerprint density at radius 2 is 2.00 bits per heavy atom. The minimum absolute atomic E-state index is 0.0309. The van der Waals surface area contributed by atoms with Crippen LogP contribution in [0.2, 0.25) is 0 Å². The van der Waals surface area contributed by atoms with Crippen molar-refractivity contribution in [3.05, 3.63) is 58.4 Å². The van der Waals surface area contributed by atoms with Gasteiger partial charge in [0.25, 0.3) is 5.91 Å². The summed E-state index contributed by atoms with van der Waals surface area (Å²) in [5.41, 5.74) is 2.13. The Balaban J connectivity index is 2.21. The van der Waals surface area contributed by atoms with Crippen LogP contribution in [0.1, 0.15) is 22.8 Å². The molecule has 0 radical (unpaired) electrons. The predicted molar refractivity (Wildman–Crippen MR) is 107 cm³/mol. The lowest BCUT2D eigenvalue weighted by molar-refractivity contribution is 0.0995. The third kappa shape index (κ3) is 3.87. The Hall–Kier alpha value is -2.69. The van der Waals surface area contributed by atoms with Gasteiger partial charge in [0.05, 0.1) is 27.2 Å². The van der Waals surface area contributed by atoms with E-state index in [0.717, 1.165) is 22.9 Å². The SMILES string of the molecule is C#CCn1c(=NC(=O)c2ccccc2S(C)(=O)=O)sc2cc(CC)ccc21. The van der Waals surface area contributed by atoms with Gasteiger partial charge in [-0.1, -0.05) is 42.4 Å². The highest BCUT2D eigenvalue weighted by Crippen LogP contribution is 2.20. The molecule has 0 aliphatic heterocycles. The predicted octanol–water partition coefficient (Wildman–Crippen LogP) is 3.04. The van der Waals surface area contributed by atoms with Gasteiger partial charge >= 0.3 is 0 Å². The van der Waals surface area contributed by atoms with Crippen LogP contribution in [0.15, 0.2) is 52.4 Å². The van der Waals surface area contributed by atoms with Crippen LogP contribution in [-0.2, 0) is 22.8 Å². The summed E-state index contributed by atoms with van der Waals surface area (Å²) in [6.07, 6.45) is 7.46. The van der Waals surface area contributed by atoms with Gasteiger partial charge in [0.2, 0.25) is 0 Å². The van der Waals surface area contributed by atoms with Crippen LogP contribution < -0.4 is 4.80 Å². The van der Waals surface area contributed by atoms with Crippen molar-refractivity contribution >= 4 is 37.3 Å². The zero-order chi connectivity index (χ0) is 19.6. The molecule has 3 aromatic rings. The Bertz CT molecular complexity index is 1240. The van der Waals surface area contributed by atoms with Gasteiger partial charge in [0.15, 0.2) is 14.6 Å². The molecule has 0 aliphatic carbocycles. The summed E-state index contributed by atoms with van der Waals surface area (Å²) in [6, 6.07) is 12.1. The standard InChI is InChI=1S/C20H18N2O3S2/c1-4-12-22-16-11-10-14(5-2)13-17(16)26-20(22)21-19(23)15-8-6-7-9-18(15)27(3,24)25/h1,6-11,13H,5,12H2,2-3H3. The maximum atomic E-state index is 12.7. The Morgan fingerprint density at radius 3 is 2.67 bits per heavy atom. The van der Waals surface area contributed by atoms with Crippen LogP contribution in [0.3, 0.4) is 0 Å². The molecule has 0 fully saturated rings. The normalized spacial score (nSPS) is 12.3. The van der Waals surface area contributed by atoms with E-state index in [1.54, 1.807) is 16.7 Å². The molecular weight excluding hydrogens is 380 g/mol. The average Bonchev–Trinajstić information content (AvgIpc) is 2.97. The summed E-state index contributed by atoms with van der Waals surface area (Å²) in [5.74, 6) is 1.98. The van der Waals surface area contributed by atoms with E-state index >= 15 is 0 Å². The van der Waals surface area contributed by atoms with Gasteiger partial charge in [-0.25, -0.2) is 8.42 Å². The summed E-state index contributed by atoms with van der Waals surface area (Å²) < 4.78 is 26.7. The van der Waals surface area contributed by atoms with Crippen molar-refractivity contribution in [1.82, 2.24) is 4.57 Å². The number of fused-ring (bicyclic) bond motifs is 1. The third-order valence-corrected chi connectivity index (χ3v) is 6.32. The third-order valence-electron chi connectivity index (χ3n) is 4.12. The number of aromatic nitrogens is 1. The molecule has 0 aliphatic rings. The zero-order valence-corrected chi connectivity index (χ0v) is 16.6. The Morgan fingerprint density at radius 1 is 1.26 bits per heavy atom. The molecule has 3 rings (SSSR count). The lowest BCUT2D eigenvalue weighted by Crippen LogP contribution is -2.17. The first-order valence-corrected chi connectivity index (χ1v) is 11.0. The first-order chi connectivity index (χ1) is 12.8. The molecule has 1 heterocycles. The summed E-state index contributed by atoms with van der Waals surface area (Å²) in [7, 11) is -3.54. The highest BCUT2D eigenvalue weighted by Gasteiger charge is 2.18. The lowest BCUT2D eigenvalue weighted by atomic mass is 10.2. The van der Waals surface area contributed by atoms with Crippen LogP contribution in [-0.4, -0.2) is 25.1 Å². The van der Waals surface area contributed by atoms with Gasteiger partial charge in [-0.15, -0.1) is 6.42 Å².